The Hall–Kier alpha value is -1.43. The Morgan fingerprint density at radius 2 is 2.05 bits per heavy atom. The van der Waals surface area contributed by atoms with E-state index in [9.17, 15) is 9.59 Å². The smallest absolute Gasteiger partial charge is 0.229 e. The maximum absolute atomic E-state index is 12.3. The van der Waals surface area contributed by atoms with Crippen molar-refractivity contribution in [3.63, 3.8) is 0 Å². The number of carbonyl (C=O) groups is 2. The summed E-state index contributed by atoms with van der Waals surface area (Å²) in [4.78, 5) is 30.4. The van der Waals surface area contributed by atoms with E-state index in [4.69, 9.17) is 0 Å². The zero-order chi connectivity index (χ0) is 15.2. The zero-order valence-electron chi connectivity index (χ0n) is 12.7. The molecule has 21 heavy (non-hydrogen) atoms. The second-order valence-corrected chi connectivity index (χ2v) is 6.33. The number of rotatable bonds is 5. The first kappa shape index (κ1) is 15.9. The number of hydrogen-bond acceptors (Lipinski definition) is 4. The average molecular weight is 309 g/mol. The Labute approximate surface area is 129 Å². The van der Waals surface area contributed by atoms with E-state index in [-0.39, 0.29) is 23.7 Å². The molecular formula is C15H23N3O2S. The van der Waals surface area contributed by atoms with E-state index in [0.717, 1.165) is 25.7 Å². The molecule has 0 aliphatic carbocycles. The van der Waals surface area contributed by atoms with Crippen LogP contribution in [-0.4, -0.2) is 34.8 Å². The van der Waals surface area contributed by atoms with Gasteiger partial charge in [-0.1, -0.05) is 13.8 Å². The predicted molar refractivity (Wildman–Crippen MR) is 84.1 cm³/mol. The van der Waals surface area contributed by atoms with E-state index in [2.05, 4.69) is 24.1 Å². The summed E-state index contributed by atoms with van der Waals surface area (Å²) in [5.41, 5.74) is 0. The van der Waals surface area contributed by atoms with Crippen LogP contribution in [0.3, 0.4) is 0 Å². The van der Waals surface area contributed by atoms with Crippen LogP contribution >= 0.6 is 11.3 Å². The van der Waals surface area contributed by atoms with Gasteiger partial charge < -0.3 is 10.2 Å². The molecular weight excluding hydrogens is 286 g/mol. The van der Waals surface area contributed by atoms with Crippen molar-refractivity contribution in [2.45, 2.75) is 39.5 Å². The van der Waals surface area contributed by atoms with Crippen LogP contribution in [0.15, 0.2) is 11.6 Å². The first-order chi connectivity index (χ1) is 10.2. The SMILES string of the molecule is CCC(CC)C(=O)N1CCC(C(=O)Nc2nccs2)CC1. The maximum Gasteiger partial charge on any atom is 0.229 e. The van der Waals surface area contributed by atoms with Crippen LogP contribution in [0, 0.1) is 11.8 Å². The highest BCUT2D eigenvalue weighted by atomic mass is 32.1. The highest BCUT2D eigenvalue weighted by Gasteiger charge is 2.29. The van der Waals surface area contributed by atoms with Crippen molar-refractivity contribution in [3.05, 3.63) is 11.6 Å². The van der Waals surface area contributed by atoms with Gasteiger partial charge in [-0.15, -0.1) is 11.3 Å². The number of likely N-dealkylation sites (tertiary alicyclic amines) is 1. The summed E-state index contributed by atoms with van der Waals surface area (Å²) in [7, 11) is 0. The lowest BCUT2D eigenvalue weighted by atomic mass is 9.94. The molecule has 2 amide bonds. The van der Waals surface area contributed by atoms with Gasteiger partial charge in [0.2, 0.25) is 11.8 Å². The molecule has 1 saturated heterocycles. The van der Waals surface area contributed by atoms with Crippen molar-refractivity contribution < 1.29 is 9.59 Å². The highest BCUT2D eigenvalue weighted by molar-refractivity contribution is 7.13. The molecule has 1 aliphatic rings. The summed E-state index contributed by atoms with van der Waals surface area (Å²) in [6.07, 6.45) is 4.93. The third-order valence-corrected chi connectivity index (χ3v) is 4.86. The fraction of sp³-hybridized carbons (Fsp3) is 0.667. The van der Waals surface area contributed by atoms with Crippen LogP contribution in [0.2, 0.25) is 0 Å². The topological polar surface area (TPSA) is 62.3 Å². The molecule has 5 nitrogen and oxygen atoms in total. The second-order valence-electron chi connectivity index (χ2n) is 5.44. The van der Waals surface area contributed by atoms with Crippen molar-refractivity contribution in [2.24, 2.45) is 11.8 Å². The van der Waals surface area contributed by atoms with Crippen molar-refractivity contribution in [3.8, 4) is 0 Å². The van der Waals surface area contributed by atoms with E-state index in [1.54, 1.807) is 6.20 Å². The van der Waals surface area contributed by atoms with E-state index < -0.39 is 0 Å². The summed E-state index contributed by atoms with van der Waals surface area (Å²) in [5.74, 6) is 0.392. The molecule has 0 atom stereocenters. The van der Waals surface area contributed by atoms with Gasteiger partial charge in [0, 0.05) is 36.5 Å². The van der Waals surface area contributed by atoms with Crippen LogP contribution < -0.4 is 5.32 Å². The minimum absolute atomic E-state index is 0.0142. The lowest BCUT2D eigenvalue weighted by molar-refractivity contribution is -0.138. The quantitative estimate of drug-likeness (QED) is 0.909. The molecule has 116 valence electrons. The second kappa shape index (κ2) is 7.54. The van der Waals surface area contributed by atoms with Crippen molar-refractivity contribution in [1.29, 1.82) is 0 Å². The Morgan fingerprint density at radius 3 is 2.57 bits per heavy atom. The van der Waals surface area contributed by atoms with Gasteiger partial charge >= 0.3 is 0 Å². The maximum atomic E-state index is 12.3. The summed E-state index contributed by atoms with van der Waals surface area (Å²) in [6, 6.07) is 0. The number of amides is 2. The minimum atomic E-state index is -0.0142. The van der Waals surface area contributed by atoms with Crippen LogP contribution in [0.5, 0.6) is 0 Å². The van der Waals surface area contributed by atoms with Gasteiger partial charge in [0.05, 0.1) is 0 Å². The number of piperidine rings is 1. The molecule has 0 aromatic carbocycles. The molecule has 1 aromatic rings. The Kier molecular flexibility index (Phi) is 5.73. The number of thiazole rings is 1. The van der Waals surface area contributed by atoms with E-state index in [0.29, 0.717) is 18.2 Å². The van der Waals surface area contributed by atoms with Crippen molar-refractivity contribution in [1.82, 2.24) is 9.88 Å². The number of aromatic nitrogens is 1. The molecule has 2 rings (SSSR count). The Bertz CT molecular complexity index is 463. The molecule has 0 saturated carbocycles. The zero-order valence-corrected chi connectivity index (χ0v) is 13.5. The monoisotopic (exact) mass is 309 g/mol. The number of hydrogen-bond donors (Lipinski definition) is 1. The fourth-order valence-corrected chi connectivity index (χ4v) is 3.28. The molecule has 0 bridgehead atoms. The lowest BCUT2D eigenvalue weighted by Gasteiger charge is -2.33. The third-order valence-electron chi connectivity index (χ3n) is 4.17. The predicted octanol–water partition coefficient (Wildman–Crippen LogP) is 2.76. The summed E-state index contributed by atoms with van der Waals surface area (Å²) < 4.78 is 0. The van der Waals surface area contributed by atoms with Crippen LogP contribution in [0.4, 0.5) is 5.13 Å². The highest BCUT2D eigenvalue weighted by Crippen LogP contribution is 2.22. The minimum Gasteiger partial charge on any atom is -0.342 e. The first-order valence-corrected chi connectivity index (χ1v) is 8.52. The number of nitrogens with one attached hydrogen (secondary N) is 1. The number of nitrogens with zero attached hydrogens (tertiary/aromatic N) is 2. The normalized spacial score (nSPS) is 16.2. The standard InChI is InChI=1S/C15H23N3O2S/c1-3-11(4-2)14(20)18-8-5-12(6-9-18)13(19)17-15-16-7-10-21-15/h7,10-12H,3-6,8-9H2,1-2H3,(H,16,17,19). The first-order valence-electron chi connectivity index (χ1n) is 7.64. The van der Waals surface area contributed by atoms with Gasteiger partial charge in [0.25, 0.3) is 0 Å². The fourth-order valence-electron chi connectivity index (χ4n) is 2.75. The number of anilines is 1. The molecule has 6 heteroatoms. The van der Waals surface area contributed by atoms with Crippen LogP contribution in [0.25, 0.3) is 0 Å². The molecule has 1 fully saturated rings. The molecule has 0 radical (unpaired) electrons. The largest absolute Gasteiger partial charge is 0.342 e. The molecule has 2 heterocycles. The molecule has 1 aliphatic heterocycles. The van der Waals surface area contributed by atoms with E-state index in [1.165, 1.54) is 11.3 Å². The van der Waals surface area contributed by atoms with Crippen molar-refractivity contribution in [2.75, 3.05) is 18.4 Å². The van der Waals surface area contributed by atoms with Gasteiger partial charge in [0.1, 0.15) is 0 Å². The molecule has 1 aromatic heterocycles. The van der Waals surface area contributed by atoms with Crippen molar-refractivity contribution >= 4 is 28.3 Å². The molecule has 1 N–H and O–H groups in total. The molecule has 0 spiro atoms. The van der Waals surface area contributed by atoms with Gasteiger partial charge in [-0.05, 0) is 25.7 Å². The Balaban J connectivity index is 1.82. The van der Waals surface area contributed by atoms with Crippen LogP contribution in [-0.2, 0) is 9.59 Å². The van der Waals surface area contributed by atoms with Gasteiger partial charge in [-0.25, -0.2) is 4.98 Å². The number of carbonyl (C=O) groups excluding carboxylic acids is 2. The average Bonchev–Trinajstić information content (AvgIpc) is 3.01. The van der Waals surface area contributed by atoms with Gasteiger partial charge in [-0.2, -0.15) is 0 Å². The van der Waals surface area contributed by atoms with Gasteiger partial charge in [-0.3, -0.25) is 9.59 Å². The summed E-state index contributed by atoms with van der Waals surface area (Å²) >= 11 is 1.42. The third kappa shape index (κ3) is 4.03. The molecule has 0 unspecified atom stereocenters. The van der Waals surface area contributed by atoms with E-state index >= 15 is 0 Å². The van der Waals surface area contributed by atoms with E-state index in [1.807, 2.05) is 10.3 Å². The summed E-state index contributed by atoms with van der Waals surface area (Å²) in [5, 5.41) is 5.33. The lowest BCUT2D eigenvalue weighted by Crippen LogP contribution is -2.43. The summed E-state index contributed by atoms with van der Waals surface area (Å²) in [6.45, 7) is 5.48. The Morgan fingerprint density at radius 1 is 1.38 bits per heavy atom. The van der Waals surface area contributed by atoms with Gasteiger partial charge in [0.15, 0.2) is 5.13 Å². The van der Waals surface area contributed by atoms with Crippen LogP contribution in [0.1, 0.15) is 39.5 Å².